The maximum Gasteiger partial charge on any atom is 0.237 e. The summed E-state index contributed by atoms with van der Waals surface area (Å²) < 4.78 is 22.6. The maximum absolute atomic E-state index is 12.8. The van der Waals surface area contributed by atoms with Crippen LogP contribution in [0.5, 0.6) is 11.5 Å². The molecule has 0 bridgehead atoms. The smallest absolute Gasteiger partial charge is 0.237 e. The lowest BCUT2D eigenvalue weighted by Gasteiger charge is -2.28. The molecule has 170 valence electrons. The number of aliphatic hydroxyl groups excluding tert-OH is 1. The number of amides is 1. The topological polar surface area (TPSA) is 84.6 Å². The number of aliphatic hydroxyl groups is 1. The van der Waals surface area contributed by atoms with Gasteiger partial charge in [0.15, 0.2) is 0 Å². The Balaban J connectivity index is 1.72. The second-order valence-corrected chi connectivity index (χ2v) is 7.99. The van der Waals surface area contributed by atoms with Gasteiger partial charge in [-0.15, -0.1) is 0 Å². The first-order valence-corrected chi connectivity index (χ1v) is 10.5. The van der Waals surface area contributed by atoms with Crippen LogP contribution in [-0.2, 0) is 29.3 Å². The maximum atomic E-state index is 12.8. The number of hydrogen-bond acceptors (Lipinski definition) is 7. The van der Waals surface area contributed by atoms with Gasteiger partial charge in [0.2, 0.25) is 5.91 Å². The van der Waals surface area contributed by atoms with E-state index < -0.39 is 0 Å². The summed E-state index contributed by atoms with van der Waals surface area (Å²) in [6, 6.07) is 9.32. The van der Waals surface area contributed by atoms with Gasteiger partial charge in [0.25, 0.3) is 0 Å². The van der Waals surface area contributed by atoms with E-state index in [0.29, 0.717) is 55.8 Å². The summed E-state index contributed by atoms with van der Waals surface area (Å²) in [6.45, 7) is 6.14. The van der Waals surface area contributed by atoms with Crippen molar-refractivity contribution in [1.29, 1.82) is 0 Å². The van der Waals surface area contributed by atoms with Crippen molar-refractivity contribution in [2.45, 2.75) is 45.8 Å². The van der Waals surface area contributed by atoms with Crippen molar-refractivity contribution in [3.05, 3.63) is 47.4 Å². The number of methoxy groups -OCH3 is 2. The van der Waals surface area contributed by atoms with E-state index >= 15 is 0 Å². The number of ether oxygens (including phenoxy) is 3. The van der Waals surface area contributed by atoms with E-state index in [1.807, 2.05) is 47.9 Å². The summed E-state index contributed by atoms with van der Waals surface area (Å²) in [5.74, 6) is 2.71. The number of benzene rings is 1. The number of furan rings is 1. The zero-order valence-corrected chi connectivity index (χ0v) is 18.7. The van der Waals surface area contributed by atoms with Gasteiger partial charge in [0.05, 0.1) is 40.0 Å². The predicted octanol–water partition coefficient (Wildman–Crippen LogP) is 2.43. The molecule has 8 heteroatoms. The van der Waals surface area contributed by atoms with Gasteiger partial charge in [0, 0.05) is 25.2 Å². The first-order valence-electron chi connectivity index (χ1n) is 10.5. The molecule has 0 spiro atoms. The molecule has 0 radical (unpaired) electrons. The molecule has 2 aromatic rings. The summed E-state index contributed by atoms with van der Waals surface area (Å²) in [4.78, 5) is 16.7. The van der Waals surface area contributed by atoms with Crippen LogP contribution in [-0.4, -0.2) is 66.8 Å². The number of nitrogens with zero attached hydrogens (tertiary/aromatic N) is 2. The molecule has 1 aromatic carbocycles. The van der Waals surface area contributed by atoms with Gasteiger partial charge in [-0.05, 0) is 43.7 Å². The van der Waals surface area contributed by atoms with Crippen molar-refractivity contribution in [2.75, 3.05) is 33.9 Å². The molecule has 8 nitrogen and oxygen atoms in total. The van der Waals surface area contributed by atoms with Crippen molar-refractivity contribution >= 4 is 5.91 Å². The van der Waals surface area contributed by atoms with Crippen LogP contribution in [0.15, 0.2) is 34.7 Å². The van der Waals surface area contributed by atoms with E-state index in [2.05, 4.69) is 0 Å². The van der Waals surface area contributed by atoms with Gasteiger partial charge in [-0.2, -0.15) is 0 Å². The average molecular weight is 433 g/mol. The predicted molar refractivity (Wildman–Crippen MR) is 115 cm³/mol. The van der Waals surface area contributed by atoms with Crippen LogP contribution >= 0.6 is 0 Å². The Bertz CT molecular complexity index is 843. The van der Waals surface area contributed by atoms with Gasteiger partial charge in [-0.25, -0.2) is 0 Å². The fourth-order valence-corrected chi connectivity index (χ4v) is 3.71. The molecule has 0 saturated carbocycles. The quantitative estimate of drug-likeness (QED) is 0.651. The molecule has 31 heavy (non-hydrogen) atoms. The highest BCUT2D eigenvalue weighted by Gasteiger charge is 2.30. The molecule has 1 fully saturated rings. The molecule has 1 atom stereocenters. The molecule has 1 aliphatic rings. The van der Waals surface area contributed by atoms with E-state index in [9.17, 15) is 9.90 Å². The highest BCUT2D eigenvalue weighted by Crippen LogP contribution is 2.24. The van der Waals surface area contributed by atoms with Crippen molar-refractivity contribution in [2.24, 2.45) is 0 Å². The van der Waals surface area contributed by atoms with E-state index in [1.165, 1.54) is 0 Å². The fraction of sp³-hybridized carbons (Fsp3) is 0.522. The molecule has 0 aliphatic carbocycles. The summed E-state index contributed by atoms with van der Waals surface area (Å²) in [7, 11) is 3.23. The van der Waals surface area contributed by atoms with E-state index in [1.54, 1.807) is 20.3 Å². The third-order valence-corrected chi connectivity index (χ3v) is 5.31. The van der Waals surface area contributed by atoms with Crippen LogP contribution in [0.3, 0.4) is 0 Å². The van der Waals surface area contributed by atoms with Crippen LogP contribution in [0.1, 0.15) is 30.9 Å². The molecular weight excluding hydrogens is 400 g/mol. The Hall–Kier alpha value is -2.55. The average Bonchev–Trinajstić information content (AvgIpc) is 3.15. The monoisotopic (exact) mass is 432 g/mol. The zero-order valence-electron chi connectivity index (χ0n) is 18.7. The van der Waals surface area contributed by atoms with Gasteiger partial charge in [-0.1, -0.05) is 0 Å². The van der Waals surface area contributed by atoms with Crippen LogP contribution in [0, 0.1) is 0 Å². The molecule has 1 aliphatic heterocycles. The highest BCUT2D eigenvalue weighted by molar-refractivity contribution is 5.79. The van der Waals surface area contributed by atoms with Crippen LogP contribution in [0.2, 0.25) is 0 Å². The summed E-state index contributed by atoms with van der Waals surface area (Å²) >= 11 is 0. The zero-order chi connectivity index (χ0) is 22.4. The Labute approximate surface area is 183 Å². The molecule has 1 N–H and O–H groups in total. The summed E-state index contributed by atoms with van der Waals surface area (Å²) in [5, 5.41) is 9.23. The Kier molecular flexibility index (Phi) is 7.95. The largest absolute Gasteiger partial charge is 0.497 e. The standard InChI is InChI=1S/C23H32N2O6/c1-16(2)25-12-22(30-15-17-7-20(28-3)9-21(8-17)29-4)11-24(13-23(25)27)10-18-5-6-19(14-26)31-18/h5-9,16,22,26H,10-15H2,1-4H3. The Morgan fingerprint density at radius 3 is 2.35 bits per heavy atom. The second kappa shape index (κ2) is 10.7. The lowest BCUT2D eigenvalue weighted by atomic mass is 10.2. The Morgan fingerprint density at radius 2 is 1.77 bits per heavy atom. The van der Waals surface area contributed by atoms with Gasteiger partial charge >= 0.3 is 0 Å². The van der Waals surface area contributed by atoms with Gasteiger partial charge in [0.1, 0.15) is 29.6 Å². The number of carbonyl (C=O) groups is 1. The van der Waals surface area contributed by atoms with Crippen molar-refractivity contribution in [3.8, 4) is 11.5 Å². The molecule has 1 aromatic heterocycles. The third-order valence-electron chi connectivity index (χ3n) is 5.31. The van der Waals surface area contributed by atoms with Gasteiger partial charge in [-0.3, -0.25) is 9.69 Å². The first-order chi connectivity index (χ1) is 14.9. The van der Waals surface area contributed by atoms with Crippen molar-refractivity contribution < 1.29 is 28.5 Å². The number of hydrogen-bond donors (Lipinski definition) is 1. The molecule has 2 heterocycles. The first kappa shape index (κ1) is 23.1. The minimum atomic E-state index is -0.168. The number of carbonyl (C=O) groups excluding carboxylic acids is 1. The van der Waals surface area contributed by atoms with Crippen molar-refractivity contribution in [3.63, 3.8) is 0 Å². The highest BCUT2D eigenvalue weighted by atomic mass is 16.5. The minimum Gasteiger partial charge on any atom is -0.497 e. The molecule has 1 amide bonds. The molecule has 3 rings (SSSR count). The SMILES string of the molecule is COc1cc(COC2CN(Cc3ccc(CO)o3)CC(=O)N(C(C)C)C2)cc(OC)c1. The van der Waals surface area contributed by atoms with Crippen LogP contribution in [0.4, 0.5) is 0 Å². The van der Waals surface area contributed by atoms with Gasteiger partial charge < -0.3 is 28.6 Å². The summed E-state index contributed by atoms with van der Waals surface area (Å²) in [6.07, 6.45) is -0.168. The van der Waals surface area contributed by atoms with Crippen molar-refractivity contribution in [1.82, 2.24) is 9.80 Å². The number of rotatable bonds is 9. The molecule has 1 unspecified atom stereocenters. The molecular formula is C23H32N2O6. The van der Waals surface area contributed by atoms with E-state index in [0.717, 1.165) is 5.56 Å². The second-order valence-electron chi connectivity index (χ2n) is 7.99. The van der Waals surface area contributed by atoms with E-state index in [4.69, 9.17) is 18.6 Å². The minimum absolute atomic E-state index is 0.0677. The fourth-order valence-electron chi connectivity index (χ4n) is 3.71. The lowest BCUT2D eigenvalue weighted by Crippen LogP contribution is -2.42. The third kappa shape index (κ3) is 6.22. The Morgan fingerprint density at radius 1 is 1.10 bits per heavy atom. The van der Waals surface area contributed by atoms with Crippen LogP contribution < -0.4 is 9.47 Å². The molecule has 1 saturated heterocycles. The lowest BCUT2D eigenvalue weighted by molar-refractivity contribution is -0.133. The van der Waals surface area contributed by atoms with E-state index in [-0.39, 0.29) is 24.7 Å². The normalized spacial score (nSPS) is 17.8. The van der Waals surface area contributed by atoms with Crippen LogP contribution in [0.25, 0.3) is 0 Å². The summed E-state index contributed by atoms with van der Waals surface area (Å²) in [5.41, 5.74) is 0.938.